The van der Waals surface area contributed by atoms with Gasteiger partial charge in [0.15, 0.2) is 0 Å². The van der Waals surface area contributed by atoms with Crippen LogP contribution in [0, 0.1) is 0 Å². The van der Waals surface area contributed by atoms with Crippen LogP contribution in [0.2, 0.25) is 0 Å². The molecule has 0 aliphatic carbocycles. The fourth-order valence-electron chi connectivity index (χ4n) is 2.95. The van der Waals surface area contributed by atoms with E-state index < -0.39 is 5.97 Å². The highest BCUT2D eigenvalue weighted by Gasteiger charge is 2.14. The van der Waals surface area contributed by atoms with Crippen molar-refractivity contribution < 1.29 is 9.90 Å². The number of carboxylic acid groups (broad SMARTS) is 1. The summed E-state index contributed by atoms with van der Waals surface area (Å²) in [6, 6.07) is 21.3. The lowest BCUT2D eigenvalue weighted by Crippen LogP contribution is -2.38. The Morgan fingerprint density at radius 3 is 2.12 bits per heavy atom. The molecule has 0 saturated carbocycles. The van der Waals surface area contributed by atoms with Gasteiger partial charge >= 0.3 is 5.97 Å². The third kappa shape index (κ3) is 6.97. The highest BCUT2D eigenvalue weighted by molar-refractivity contribution is 5.66. The number of rotatable bonds is 10. The number of benzene rings is 2. The Kier molecular flexibility index (Phi) is 7.50. The molecule has 3 heteroatoms. The number of nitrogens with one attached hydrogen (secondary N) is 1. The first kappa shape index (κ1) is 18.2. The van der Waals surface area contributed by atoms with Crippen LogP contribution in [0.5, 0.6) is 0 Å². The number of hydrogen-bond acceptors (Lipinski definition) is 2. The van der Waals surface area contributed by atoms with Crippen LogP contribution in [0.3, 0.4) is 0 Å². The summed E-state index contributed by atoms with van der Waals surface area (Å²) in [5.41, 5.74) is 2.59. The molecule has 0 saturated heterocycles. The molecule has 0 fully saturated rings. The van der Waals surface area contributed by atoms with Gasteiger partial charge in [-0.25, -0.2) is 0 Å². The van der Waals surface area contributed by atoms with Crippen molar-refractivity contribution in [1.29, 1.82) is 0 Å². The maximum absolute atomic E-state index is 10.9. The van der Waals surface area contributed by atoms with Gasteiger partial charge in [0.25, 0.3) is 0 Å². The van der Waals surface area contributed by atoms with Crippen LogP contribution in [0.4, 0.5) is 0 Å². The van der Waals surface area contributed by atoms with E-state index >= 15 is 0 Å². The van der Waals surface area contributed by atoms with Gasteiger partial charge in [0.2, 0.25) is 0 Å². The van der Waals surface area contributed by atoms with Gasteiger partial charge in [0.1, 0.15) is 0 Å². The molecule has 2 aromatic carbocycles. The molecule has 2 aromatic rings. The van der Waals surface area contributed by atoms with Crippen LogP contribution in [0.1, 0.15) is 37.3 Å². The Balaban J connectivity index is 1.87. The Bertz CT molecular complexity index is 598. The molecule has 2 unspecified atom stereocenters. The highest BCUT2D eigenvalue weighted by atomic mass is 16.4. The molecule has 0 heterocycles. The van der Waals surface area contributed by atoms with Gasteiger partial charge in [-0.3, -0.25) is 4.79 Å². The standard InChI is InChI=1S/C21H27NO2/c1-17(12-13-18-8-4-2-5-9-18)22-20(14-15-21(23)24)16-19-10-6-3-7-11-19/h2-11,17,20,22H,12-16H2,1H3,(H,23,24). The second kappa shape index (κ2) is 9.89. The number of hydrogen-bond donors (Lipinski definition) is 2. The van der Waals surface area contributed by atoms with Gasteiger partial charge in [-0.15, -0.1) is 0 Å². The summed E-state index contributed by atoms with van der Waals surface area (Å²) >= 11 is 0. The summed E-state index contributed by atoms with van der Waals surface area (Å²) in [5.74, 6) is -0.730. The summed E-state index contributed by atoms with van der Waals surface area (Å²) in [6.45, 7) is 2.18. The van der Waals surface area contributed by atoms with E-state index in [1.165, 1.54) is 11.1 Å². The third-order valence-corrected chi connectivity index (χ3v) is 4.26. The SMILES string of the molecule is CC(CCc1ccccc1)NC(CCC(=O)O)Cc1ccccc1. The Labute approximate surface area is 144 Å². The predicted octanol–water partition coefficient (Wildman–Crippen LogP) is 4.07. The number of aliphatic carboxylic acids is 1. The molecule has 2 atom stereocenters. The van der Waals surface area contributed by atoms with Crippen molar-refractivity contribution in [2.75, 3.05) is 0 Å². The molecular weight excluding hydrogens is 298 g/mol. The second-order valence-electron chi connectivity index (χ2n) is 6.41. The van der Waals surface area contributed by atoms with E-state index in [1.807, 2.05) is 24.3 Å². The van der Waals surface area contributed by atoms with Gasteiger partial charge in [-0.2, -0.15) is 0 Å². The molecule has 2 rings (SSSR count). The van der Waals surface area contributed by atoms with Crippen molar-refractivity contribution in [3.63, 3.8) is 0 Å². The minimum Gasteiger partial charge on any atom is -0.481 e. The van der Waals surface area contributed by atoms with E-state index in [-0.39, 0.29) is 12.5 Å². The van der Waals surface area contributed by atoms with E-state index in [2.05, 4.69) is 48.6 Å². The molecule has 0 radical (unpaired) electrons. The smallest absolute Gasteiger partial charge is 0.303 e. The monoisotopic (exact) mass is 325 g/mol. The predicted molar refractivity (Wildman–Crippen MR) is 98.2 cm³/mol. The van der Waals surface area contributed by atoms with Crippen LogP contribution in [0.15, 0.2) is 60.7 Å². The van der Waals surface area contributed by atoms with Crippen molar-refractivity contribution in [2.45, 2.75) is 51.1 Å². The molecule has 0 amide bonds. The zero-order valence-corrected chi connectivity index (χ0v) is 14.3. The fourth-order valence-corrected chi connectivity index (χ4v) is 2.95. The molecular formula is C21H27NO2. The van der Waals surface area contributed by atoms with Crippen LogP contribution in [-0.4, -0.2) is 23.2 Å². The van der Waals surface area contributed by atoms with Crippen molar-refractivity contribution >= 4 is 5.97 Å². The molecule has 24 heavy (non-hydrogen) atoms. The minimum absolute atomic E-state index is 0.189. The Hall–Kier alpha value is -2.13. The van der Waals surface area contributed by atoms with Gasteiger partial charge in [0.05, 0.1) is 0 Å². The van der Waals surface area contributed by atoms with Gasteiger partial charge in [0, 0.05) is 18.5 Å². The normalized spacial score (nSPS) is 13.4. The Morgan fingerprint density at radius 2 is 1.54 bits per heavy atom. The summed E-state index contributed by atoms with van der Waals surface area (Å²) < 4.78 is 0. The van der Waals surface area contributed by atoms with E-state index in [1.54, 1.807) is 0 Å². The van der Waals surface area contributed by atoms with Crippen LogP contribution in [0.25, 0.3) is 0 Å². The first-order chi connectivity index (χ1) is 11.6. The lowest BCUT2D eigenvalue weighted by molar-refractivity contribution is -0.137. The summed E-state index contributed by atoms with van der Waals surface area (Å²) in [4.78, 5) is 10.9. The highest BCUT2D eigenvalue weighted by Crippen LogP contribution is 2.11. The van der Waals surface area contributed by atoms with E-state index in [9.17, 15) is 4.79 Å². The second-order valence-corrected chi connectivity index (χ2v) is 6.41. The number of carboxylic acids is 1. The molecule has 3 nitrogen and oxygen atoms in total. The maximum Gasteiger partial charge on any atom is 0.303 e. The molecule has 0 bridgehead atoms. The minimum atomic E-state index is -0.730. The first-order valence-corrected chi connectivity index (χ1v) is 8.69. The molecule has 0 aromatic heterocycles. The molecule has 0 aliphatic rings. The maximum atomic E-state index is 10.9. The number of carbonyl (C=O) groups is 1. The van der Waals surface area contributed by atoms with E-state index in [0.717, 1.165) is 19.3 Å². The van der Waals surface area contributed by atoms with E-state index in [4.69, 9.17) is 5.11 Å². The Morgan fingerprint density at radius 1 is 0.958 bits per heavy atom. The number of aryl methyl sites for hydroxylation is 1. The lowest BCUT2D eigenvalue weighted by Gasteiger charge is -2.23. The van der Waals surface area contributed by atoms with Gasteiger partial charge in [-0.05, 0) is 43.7 Å². The zero-order chi connectivity index (χ0) is 17.2. The third-order valence-electron chi connectivity index (χ3n) is 4.26. The zero-order valence-electron chi connectivity index (χ0n) is 14.3. The lowest BCUT2D eigenvalue weighted by atomic mass is 9.99. The van der Waals surface area contributed by atoms with Gasteiger partial charge in [-0.1, -0.05) is 60.7 Å². The van der Waals surface area contributed by atoms with Crippen molar-refractivity contribution in [2.24, 2.45) is 0 Å². The quantitative estimate of drug-likeness (QED) is 0.692. The van der Waals surface area contributed by atoms with Crippen LogP contribution in [-0.2, 0) is 17.6 Å². The molecule has 2 N–H and O–H groups in total. The molecule has 0 aliphatic heterocycles. The van der Waals surface area contributed by atoms with Crippen LogP contribution < -0.4 is 5.32 Å². The fraction of sp³-hybridized carbons (Fsp3) is 0.381. The van der Waals surface area contributed by atoms with Gasteiger partial charge < -0.3 is 10.4 Å². The van der Waals surface area contributed by atoms with Crippen molar-refractivity contribution in [1.82, 2.24) is 5.32 Å². The topological polar surface area (TPSA) is 49.3 Å². The van der Waals surface area contributed by atoms with E-state index in [0.29, 0.717) is 12.5 Å². The summed E-state index contributed by atoms with van der Waals surface area (Å²) in [6.07, 6.45) is 3.80. The first-order valence-electron chi connectivity index (χ1n) is 8.69. The summed E-state index contributed by atoms with van der Waals surface area (Å²) in [5, 5.41) is 12.6. The average molecular weight is 325 g/mol. The van der Waals surface area contributed by atoms with Crippen molar-refractivity contribution in [3.05, 3.63) is 71.8 Å². The molecule has 128 valence electrons. The molecule has 0 spiro atoms. The summed E-state index contributed by atoms with van der Waals surface area (Å²) in [7, 11) is 0. The largest absolute Gasteiger partial charge is 0.481 e. The van der Waals surface area contributed by atoms with Crippen LogP contribution >= 0.6 is 0 Å². The average Bonchev–Trinajstić information content (AvgIpc) is 2.60. The van der Waals surface area contributed by atoms with Crippen molar-refractivity contribution in [3.8, 4) is 0 Å².